The molecule has 0 radical (unpaired) electrons. The number of hydrogen-bond donors (Lipinski definition) is 1. The molecule has 0 aliphatic carbocycles. The number of nitrogens with zero attached hydrogens (tertiary/aromatic N) is 3. The summed E-state index contributed by atoms with van der Waals surface area (Å²) in [7, 11) is 3.14. The van der Waals surface area contributed by atoms with E-state index in [9.17, 15) is 9.59 Å². The number of ether oxygens (including phenoxy) is 2. The number of benzene rings is 4. The normalized spacial score (nSPS) is 14.5. The van der Waals surface area contributed by atoms with E-state index in [4.69, 9.17) is 14.5 Å². The number of aromatic nitrogens is 2. The minimum Gasteiger partial charge on any atom is -0.493 e. The second-order valence-electron chi connectivity index (χ2n) is 11.7. The van der Waals surface area contributed by atoms with Crippen molar-refractivity contribution in [3.8, 4) is 11.5 Å². The van der Waals surface area contributed by atoms with E-state index in [0.29, 0.717) is 49.9 Å². The number of carbonyl (C=O) groups excluding carboxylic acids is 1. The molecule has 1 aliphatic heterocycles. The molecule has 48 heavy (non-hydrogen) atoms. The molecule has 3 heterocycles. The highest BCUT2D eigenvalue weighted by Crippen LogP contribution is 2.36. The molecular formula is C39H34N4O4S. The van der Waals surface area contributed by atoms with Crippen LogP contribution in [-0.2, 0) is 11.3 Å². The summed E-state index contributed by atoms with van der Waals surface area (Å²) in [6.45, 7) is 4.46. The number of para-hydroxylation sites is 2. The van der Waals surface area contributed by atoms with Crippen LogP contribution >= 0.6 is 11.3 Å². The van der Waals surface area contributed by atoms with Crippen LogP contribution in [0.5, 0.6) is 11.5 Å². The van der Waals surface area contributed by atoms with Gasteiger partial charge in [-0.1, -0.05) is 84.1 Å². The van der Waals surface area contributed by atoms with Gasteiger partial charge >= 0.3 is 0 Å². The number of allylic oxidation sites excluding steroid dienone is 1. The number of rotatable bonds is 8. The smallest absolute Gasteiger partial charge is 0.271 e. The van der Waals surface area contributed by atoms with Crippen molar-refractivity contribution < 1.29 is 14.3 Å². The Kier molecular flexibility index (Phi) is 8.29. The molecular weight excluding hydrogens is 621 g/mol. The maximum absolute atomic E-state index is 14.5. The fourth-order valence-electron chi connectivity index (χ4n) is 6.30. The van der Waals surface area contributed by atoms with Gasteiger partial charge < -0.3 is 19.4 Å². The monoisotopic (exact) mass is 654 g/mol. The van der Waals surface area contributed by atoms with Crippen molar-refractivity contribution in [1.82, 2.24) is 9.13 Å². The molecule has 1 N–H and O–H groups in total. The van der Waals surface area contributed by atoms with Crippen LogP contribution in [0.3, 0.4) is 0 Å². The average Bonchev–Trinajstić information content (AvgIpc) is 3.60. The van der Waals surface area contributed by atoms with Crippen molar-refractivity contribution in [1.29, 1.82) is 0 Å². The zero-order valence-electron chi connectivity index (χ0n) is 27.1. The highest BCUT2D eigenvalue weighted by Gasteiger charge is 2.33. The fraction of sp³-hybridized carbons (Fsp3) is 0.154. The number of aryl methyl sites for hydroxylation is 1. The van der Waals surface area contributed by atoms with Gasteiger partial charge in [0.1, 0.15) is 0 Å². The summed E-state index contributed by atoms with van der Waals surface area (Å²) in [4.78, 5) is 33.9. The second kappa shape index (κ2) is 12.8. The zero-order valence-corrected chi connectivity index (χ0v) is 27.9. The number of carbonyl (C=O) groups is 1. The lowest BCUT2D eigenvalue weighted by Crippen LogP contribution is -2.40. The quantitative estimate of drug-likeness (QED) is 0.212. The van der Waals surface area contributed by atoms with Gasteiger partial charge in [0.25, 0.3) is 11.5 Å². The maximum atomic E-state index is 14.5. The molecule has 0 unspecified atom stereocenters. The lowest BCUT2D eigenvalue weighted by atomic mass is 9.94. The number of methoxy groups -OCH3 is 2. The molecule has 0 bridgehead atoms. The van der Waals surface area contributed by atoms with Crippen LogP contribution in [0.25, 0.3) is 17.0 Å². The van der Waals surface area contributed by atoms with Crippen molar-refractivity contribution in [2.75, 3.05) is 19.5 Å². The van der Waals surface area contributed by atoms with Crippen molar-refractivity contribution in [2.24, 2.45) is 4.99 Å². The minimum atomic E-state index is -0.758. The zero-order chi connectivity index (χ0) is 33.4. The lowest BCUT2D eigenvalue weighted by Gasteiger charge is -2.26. The van der Waals surface area contributed by atoms with Crippen LogP contribution in [0, 0.1) is 6.92 Å². The molecule has 0 fully saturated rings. The molecule has 8 nitrogen and oxygen atoms in total. The number of amides is 1. The van der Waals surface area contributed by atoms with Crippen LogP contribution in [0.4, 0.5) is 5.69 Å². The van der Waals surface area contributed by atoms with Crippen molar-refractivity contribution in [3.63, 3.8) is 0 Å². The van der Waals surface area contributed by atoms with E-state index in [1.54, 1.807) is 24.9 Å². The minimum absolute atomic E-state index is 0.230. The van der Waals surface area contributed by atoms with E-state index in [1.165, 1.54) is 16.9 Å². The SMILES string of the molecule is COc1ccc([C@@H]2C(C(=O)Nc3ccccc3C)=C(C)N=c3s/c(=C\c4cn(Cc5ccccc5)c5ccccc45)c(=O)n32)cc1OC. The van der Waals surface area contributed by atoms with Crippen molar-refractivity contribution in [3.05, 3.63) is 156 Å². The van der Waals surface area contributed by atoms with Crippen LogP contribution in [0.15, 0.2) is 124 Å². The molecule has 1 atom stereocenters. The Morgan fingerprint density at radius 3 is 2.42 bits per heavy atom. The first-order chi connectivity index (χ1) is 23.4. The van der Waals surface area contributed by atoms with Crippen molar-refractivity contribution in [2.45, 2.75) is 26.4 Å². The Labute approximate surface area is 281 Å². The maximum Gasteiger partial charge on any atom is 0.271 e. The van der Waals surface area contributed by atoms with Crippen molar-refractivity contribution >= 4 is 39.9 Å². The van der Waals surface area contributed by atoms with Gasteiger partial charge in [-0.15, -0.1) is 0 Å². The molecule has 2 aromatic heterocycles. The largest absolute Gasteiger partial charge is 0.493 e. The van der Waals surface area contributed by atoms with E-state index in [2.05, 4.69) is 40.3 Å². The standard InChI is InChI=1S/C39H34N4O4S/c1-24-12-8-10-16-30(24)41-37(44)35-25(2)40-39-43(36(35)27-18-19-32(46-3)33(20-27)47-4)38(45)34(48-39)21-28-23-42(22-26-13-6-5-7-14-26)31-17-11-9-15-29(28)31/h5-21,23,36H,22H2,1-4H3,(H,41,44)/b34-21-/t36-/m1/s1. The Hall–Kier alpha value is -5.67. The second-order valence-corrected chi connectivity index (χ2v) is 12.7. The topological polar surface area (TPSA) is 86.9 Å². The van der Waals surface area contributed by atoms with Gasteiger partial charge in [0.15, 0.2) is 16.3 Å². The van der Waals surface area contributed by atoms with Crippen LogP contribution in [0.2, 0.25) is 0 Å². The van der Waals surface area contributed by atoms with Gasteiger partial charge in [-0.05, 0) is 60.9 Å². The number of nitrogens with one attached hydrogen (secondary N) is 1. The third-order valence-corrected chi connectivity index (χ3v) is 9.67. The van der Waals surface area contributed by atoms with E-state index >= 15 is 0 Å². The first-order valence-electron chi connectivity index (χ1n) is 15.6. The molecule has 6 aromatic rings. The van der Waals surface area contributed by atoms with Gasteiger partial charge in [0.05, 0.1) is 36.1 Å². The third-order valence-electron chi connectivity index (χ3n) is 8.68. The predicted molar refractivity (Wildman–Crippen MR) is 191 cm³/mol. The third kappa shape index (κ3) is 5.62. The molecule has 0 spiro atoms. The molecule has 7 rings (SSSR count). The molecule has 1 amide bonds. The van der Waals surface area contributed by atoms with Crippen LogP contribution in [0.1, 0.15) is 35.2 Å². The molecule has 0 saturated heterocycles. The Bertz CT molecular complexity index is 2400. The number of hydrogen-bond acceptors (Lipinski definition) is 6. The number of anilines is 1. The molecule has 240 valence electrons. The average molecular weight is 655 g/mol. The van der Waals surface area contributed by atoms with Gasteiger partial charge in [0.2, 0.25) is 0 Å². The van der Waals surface area contributed by atoms with E-state index in [-0.39, 0.29) is 11.5 Å². The first-order valence-corrected chi connectivity index (χ1v) is 16.4. The molecule has 9 heteroatoms. The van der Waals surface area contributed by atoms with Gasteiger partial charge in [-0.3, -0.25) is 14.2 Å². The Balaban J connectivity index is 1.38. The highest BCUT2D eigenvalue weighted by molar-refractivity contribution is 7.07. The van der Waals surface area contributed by atoms with E-state index < -0.39 is 6.04 Å². The highest BCUT2D eigenvalue weighted by atomic mass is 32.1. The Morgan fingerprint density at radius 1 is 0.917 bits per heavy atom. The lowest BCUT2D eigenvalue weighted by molar-refractivity contribution is -0.113. The van der Waals surface area contributed by atoms with Gasteiger partial charge in [0, 0.05) is 34.9 Å². The number of fused-ring (bicyclic) bond motifs is 2. The van der Waals surface area contributed by atoms with E-state index in [0.717, 1.165) is 22.0 Å². The molecule has 4 aromatic carbocycles. The number of thiazole rings is 1. The van der Waals surface area contributed by atoms with Gasteiger partial charge in [-0.25, -0.2) is 4.99 Å². The van der Waals surface area contributed by atoms with E-state index in [1.807, 2.05) is 86.7 Å². The summed E-state index contributed by atoms with van der Waals surface area (Å²) in [6, 6.07) is 30.8. The summed E-state index contributed by atoms with van der Waals surface area (Å²) in [6.07, 6.45) is 4.03. The molecule has 1 aliphatic rings. The summed E-state index contributed by atoms with van der Waals surface area (Å²) in [5.41, 5.74) is 6.20. The Morgan fingerprint density at radius 2 is 1.65 bits per heavy atom. The first kappa shape index (κ1) is 31.0. The predicted octanol–water partition coefficient (Wildman–Crippen LogP) is 6.20. The summed E-state index contributed by atoms with van der Waals surface area (Å²) in [5.74, 6) is 0.715. The summed E-state index contributed by atoms with van der Waals surface area (Å²) < 4.78 is 15.5. The van der Waals surface area contributed by atoms with Crippen LogP contribution in [-0.4, -0.2) is 29.3 Å². The van der Waals surface area contributed by atoms with Gasteiger partial charge in [-0.2, -0.15) is 0 Å². The summed E-state index contributed by atoms with van der Waals surface area (Å²) in [5, 5.41) is 4.11. The fourth-order valence-corrected chi connectivity index (χ4v) is 7.33. The molecule has 0 saturated carbocycles. The van der Waals surface area contributed by atoms with Crippen LogP contribution < -0.4 is 29.7 Å². The summed E-state index contributed by atoms with van der Waals surface area (Å²) >= 11 is 1.32.